The number of benzene rings is 2. The number of Topliss-reactive ketones (excluding diaryl/α,β-unsaturated/α-hetero) is 1. The van der Waals surface area contributed by atoms with E-state index in [9.17, 15) is 9.18 Å². The van der Waals surface area contributed by atoms with Gasteiger partial charge >= 0.3 is 0 Å². The van der Waals surface area contributed by atoms with Crippen LogP contribution >= 0.6 is 27.7 Å². The molecule has 18 heavy (non-hydrogen) atoms. The van der Waals surface area contributed by atoms with E-state index in [0.717, 1.165) is 9.37 Å². The van der Waals surface area contributed by atoms with E-state index in [1.165, 1.54) is 36.0 Å². The molecule has 0 aliphatic heterocycles. The maximum absolute atomic E-state index is 12.7. The summed E-state index contributed by atoms with van der Waals surface area (Å²) in [4.78, 5) is 12.9. The highest BCUT2D eigenvalue weighted by Crippen LogP contribution is 2.21. The monoisotopic (exact) mass is 324 g/mol. The summed E-state index contributed by atoms with van der Waals surface area (Å²) in [5.74, 6) is 0.0304. The molecule has 0 unspecified atom stereocenters. The van der Waals surface area contributed by atoms with Gasteiger partial charge in [0.15, 0.2) is 5.78 Å². The average molecular weight is 325 g/mol. The number of carbonyl (C=O) groups excluding carboxylic acids is 1. The van der Waals surface area contributed by atoms with E-state index in [1.807, 2.05) is 24.3 Å². The quantitative estimate of drug-likeness (QED) is 0.605. The topological polar surface area (TPSA) is 17.1 Å². The number of rotatable bonds is 4. The van der Waals surface area contributed by atoms with E-state index in [4.69, 9.17) is 0 Å². The van der Waals surface area contributed by atoms with Crippen molar-refractivity contribution in [3.8, 4) is 0 Å². The van der Waals surface area contributed by atoms with Crippen molar-refractivity contribution in [2.75, 3.05) is 5.75 Å². The van der Waals surface area contributed by atoms with Gasteiger partial charge in [0.2, 0.25) is 0 Å². The van der Waals surface area contributed by atoms with Gasteiger partial charge in [-0.2, -0.15) is 0 Å². The molecule has 2 aromatic carbocycles. The van der Waals surface area contributed by atoms with Crippen molar-refractivity contribution in [2.45, 2.75) is 4.90 Å². The van der Waals surface area contributed by atoms with Gasteiger partial charge in [-0.25, -0.2) is 4.39 Å². The van der Waals surface area contributed by atoms with Crippen molar-refractivity contribution in [3.63, 3.8) is 0 Å². The van der Waals surface area contributed by atoms with Crippen molar-refractivity contribution in [3.05, 3.63) is 64.4 Å². The number of carbonyl (C=O) groups is 1. The summed E-state index contributed by atoms with van der Waals surface area (Å²) < 4.78 is 13.7. The van der Waals surface area contributed by atoms with Crippen LogP contribution in [0, 0.1) is 5.82 Å². The zero-order valence-corrected chi connectivity index (χ0v) is 11.8. The number of thioether (sulfide) groups is 1. The van der Waals surface area contributed by atoms with Gasteiger partial charge < -0.3 is 0 Å². The Morgan fingerprint density at radius 1 is 1.06 bits per heavy atom. The van der Waals surface area contributed by atoms with Crippen LogP contribution in [0.3, 0.4) is 0 Å². The largest absolute Gasteiger partial charge is 0.293 e. The molecule has 0 bridgehead atoms. The molecule has 1 nitrogen and oxygen atoms in total. The number of ketones is 1. The Morgan fingerprint density at radius 2 is 1.67 bits per heavy atom. The van der Waals surface area contributed by atoms with Gasteiger partial charge in [0, 0.05) is 14.9 Å². The molecule has 0 aliphatic carbocycles. The third-order valence-corrected chi connectivity index (χ3v) is 3.89. The van der Waals surface area contributed by atoms with Crippen molar-refractivity contribution in [1.29, 1.82) is 0 Å². The molecule has 0 saturated heterocycles. The molecule has 0 spiro atoms. The van der Waals surface area contributed by atoms with E-state index in [-0.39, 0.29) is 11.6 Å². The SMILES string of the molecule is O=C(CSc1ccc(Br)cc1)c1ccc(F)cc1. The number of hydrogen-bond donors (Lipinski definition) is 0. The summed E-state index contributed by atoms with van der Waals surface area (Å²) in [6.45, 7) is 0. The van der Waals surface area contributed by atoms with Crippen LogP contribution < -0.4 is 0 Å². The highest BCUT2D eigenvalue weighted by molar-refractivity contribution is 9.10. The molecule has 0 amide bonds. The second-order valence-electron chi connectivity index (χ2n) is 3.67. The van der Waals surface area contributed by atoms with E-state index in [0.29, 0.717) is 11.3 Å². The zero-order valence-electron chi connectivity index (χ0n) is 9.40. The van der Waals surface area contributed by atoms with Crippen molar-refractivity contribution >= 4 is 33.5 Å². The summed E-state index contributed by atoms with van der Waals surface area (Å²) in [5, 5.41) is 0. The smallest absolute Gasteiger partial charge is 0.173 e. The summed E-state index contributed by atoms with van der Waals surface area (Å²) in [6.07, 6.45) is 0. The van der Waals surface area contributed by atoms with Crippen molar-refractivity contribution in [1.82, 2.24) is 0 Å². The second-order valence-corrected chi connectivity index (χ2v) is 5.64. The van der Waals surface area contributed by atoms with Crippen LogP contribution in [-0.2, 0) is 0 Å². The molecular weight excluding hydrogens is 315 g/mol. The summed E-state index contributed by atoms with van der Waals surface area (Å²) in [5.41, 5.74) is 0.543. The van der Waals surface area contributed by atoms with Crippen molar-refractivity contribution < 1.29 is 9.18 Å². The normalized spacial score (nSPS) is 10.3. The maximum Gasteiger partial charge on any atom is 0.173 e. The molecule has 2 aromatic rings. The van der Waals surface area contributed by atoms with Gasteiger partial charge in [-0.1, -0.05) is 15.9 Å². The predicted octanol–water partition coefficient (Wildman–Crippen LogP) is 4.56. The number of hydrogen-bond acceptors (Lipinski definition) is 2. The van der Waals surface area contributed by atoms with Crippen LogP contribution in [0.2, 0.25) is 0 Å². The molecule has 0 N–H and O–H groups in total. The first-order valence-corrected chi connectivity index (χ1v) is 7.10. The Hall–Kier alpha value is -1.13. The van der Waals surface area contributed by atoms with Crippen LogP contribution in [-0.4, -0.2) is 11.5 Å². The van der Waals surface area contributed by atoms with Crippen LogP contribution in [0.1, 0.15) is 10.4 Å². The lowest BCUT2D eigenvalue weighted by Gasteiger charge is -2.02. The average Bonchev–Trinajstić information content (AvgIpc) is 2.38. The minimum absolute atomic E-state index is 0.00270. The van der Waals surface area contributed by atoms with Crippen LogP contribution in [0.15, 0.2) is 57.9 Å². The second kappa shape index (κ2) is 6.16. The molecule has 0 radical (unpaired) electrons. The van der Waals surface area contributed by atoms with Gasteiger partial charge in [-0.05, 0) is 48.5 Å². The van der Waals surface area contributed by atoms with Crippen LogP contribution in [0.25, 0.3) is 0 Å². The molecule has 4 heteroatoms. The third kappa shape index (κ3) is 3.68. The first-order valence-electron chi connectivity index (χ1n) is 5.32. The van der Waals surface area contributed by atoms with Gasteiger partial charge in [0.25, 0.3) is 0 Å². The Kier molecular flexibility index (Phi) is 4.55. The fourth-order valence-corrected chi connectivity index (χ4v) is 2.46. The van der Waals surface area contributed by atoms with Gasteiger partial charge in [0.05, 0.1) is 5.75 Å². The van der Waals surface area contributed by atoms with Gasteiger partial charge in [-0.15, -0.1) is 11.8 Å². The molecule has 0 fully saturated rings. The predicted molar refractivity (Wildman–Crippen MR) is 75.6 cm³/mol. The van der Waals surface area contributed by atoms with E-state index < -0.39 is 0 Å². The van der Waals surface area contributed by atoms with Crippen LogP contribution in [0.5, 0.6) is 0 Å². The van der Waals surface area contributed by atoms with Crippen molar-refractivity contribution in [2.24, 2.45) is 0 Å². The summed E-state index contributed by atoms with van der Waals surface area (Å²) >= 11 is 4.83. The molecular formula is C14H10BrFOS. The summed E-state index contributed by atoms with van der Waals surface area (Å²) in [6, 6.07) is 13.4. The minimum atomic E-state index is -0.327. The molecule has 0 aromatic heterocycles. The zero-order chi connectivity index (χ0) is 13.0. The van der Waals surface area contributed by atoms with E-state index in [2.05, 4.69) is 15.9 Å². The lowest BCUT2D eigenvalue weighted by atomic mass is 10.1. The minimum Gasteiger partial charge on any atom is -0.293 e. The highest BCUT2D eigenvalue weighted by Gasteiger charge is 2.06. The lowest BCUT2D eigenvalue weighted by molar-refractivity contribution is 0.102. The third-order valence-electron chi connectivity index (χ3n) is 2.35. The van der Waals surface area contributed by atoms with Gasteiger partial charge in [-0.3, -0.25) is 4.79 Å². The first kappa shape index (κ1) is 13.3. The fourth-order valence-electron chi connectivity index (χ4n) is 1.40. The lowest BCUT2D eigenvalue weighted by Crippen LogP contribution is -2.02. The molecule has 0 aliphatic rings. The number of halogens is 2. The Labute approximate surface area is 118 Å². The molecule has 0 saturated carbocycles. The maximum atomic E-state index is 12.7. The Morgan fingerprint density at radius 3 is 2.28 bits per heavy atom. The van der Waals surface area contributed by atoms with Crippen LogP contribution in [0.4, 0.5) is 4.39 Å². The molecule has 92 valence electrons. The Bertz CT molecular complexity index is 537. The molecule has 0 atom stereocenters. The fraction of sp³-hybridized carbons (Fsp3) is 0.0714. The highest BCUT2D eigenvalue weighted by atomic mass is 79.9. The summed E-state index contributed by atoms with van der Waals surface area (Å²) in [7, 11) is 0. The molecule has 2 rings (SSSR count). The molecule has 0 heterocycles. The van der Waals surface area contributed by atoms with E-state index in [1.54, 1.807) is 0 Å². The van der Waals surface area contributed by atoms with E-state index >= 15 is 0 Å². The van der Waals surface area contributed by atoms with Gasteiger partial charge in [0.1, 0.15) is 5.82 Å². The standard InChI is InChI=1S/C14H10BrFOS/c15-11-3-7-13(8-4-11)18-9-14(17)10-1-5-12(16)6-2-10/h1-8H,9H2. The Balaban J connectivity index is 1.96. The first-order chi connectivity index (χ1) is 8.65.